The number of amides is 1. The van der Waals surface area contributed by atoms with E-state index in [1.165, 1.54) is 12.7 Å². The van der Waals surface area contributed by atoms with Crippen LogP contribution in [0, 0.1) is 5.92 Å². The summed E-state index contributed by atoms with van der Waals surface area (Å²) in [4.78, 5) is 28.8. The molecular formula is C28H32N2O4. The smallest absolute Gasteiger partial charge is 0.308 e. The van der Waals surface area contributed by atoms with Gasteiger partial charge in [-0.3, -0.25) is 9.59 Å². The zero-order chi connectivity index (χ0) is 24.3. The summed E-state index contributed by atoms with van der Waals surface area (Å²) in [5.74, 6) is 1.35. The van der Waals surface area contributed by atoms with E-state index in [-0.39, 0.29) is 29.1 Å². The molecule has 0 saturated heterocycles. The SMILES string of the molecule is COC(=O)C1CCC(c2ncc(-c3ccc(NC(=O)c4ccc(C(C)(C)C)cc4)cc3)o2)CC1. The number of hydrogen-bond donors (Lipinski definition) is 1. The molecule has 1 aliphatic rings. The van der Waals surface area contributed by atoms with E-state index in [2.05, 4.69) is 31.1 Å². The first kappa shape index (κ1) is 23.7. The number of methoxy groups -OCH3 is 1. The molecular weight excluding hydrogens is 428 g/mol. The molecule has 1 aliphatic carbocycles. The van der Waals surface area contributed by atoms with Crippen molar-refractivity contribution in [2.24, 2.45) is 5.92 Å². The first-order valence-corrected chi connectivity index (χ1v) is 11.8. The summed E-state index contributed by atoms with van der Waals surface area (Å²) >= 11 is 0. The molecule has 1 aromatic heterocycles. The fraction of sp³-hybridized carbons (Fsp3) is 0.393. The van der Waals surface area contributed by atoms with Gasteiger partial charge in [0.25, 0.3) is 5.91 Å². The molecule has 0 aliphatic heterocycles. The van der Waals surface area contributed by atoms with E-state index in [1.54, 1.807) is 6.20 Å². The van der Waals surface area contributed by atoms with E-state index >= 15 is 0 Å². The van der Waals surface area contributed by atoms with Gasteiger partial charge in [-0.2, -0.15) is 0 Å². The molecule has 6 nitrogen and oxygen atoms in total. The van der Waals surface area contributed by atoms with Gasteiger partial charge < -0.3 is 14.5 Å². The van der Waals surface area contributed by atoms with Crippen molar-refractivity contribution < 1.29 is 18.7 Å². The Bertz CT molecular complexity index is 1130. The Balaban J connectivity index is 1.36. The molecule has 2 aromatic carbocycles. The average molecular weight is 461 g/mol. The van der Waals surface area contributed by atoms with Crippen LogP contribution < -0.4 is 5.32 Å². The number of nitrogens with zero attached hydrogens (tertiary/aromatic N) is 1. The van der Waals surface area contributed by atoms with Crippen LogP contribution in [0.1, 0.15) is 74.2 Å². The number of oxazole rings is 1. The maximum atomic E-state index is 12.6. The van der Waals surface area contributed by atoms with Crippen molar-refractivity contribution in [3.63, 3.8) is 0 Å². The van der Waals surface area contributed by atoms with Gasteiger partial charge in [-0.25, -0.2) is 4.98 Å². The van der Waals surface area contributed by atoms with Crippen LogP contribution in [-0.4, -0.2) is 24.0 Å². The maximum Gasteiger partial charge on any atom is 0.308 e. The number of hydrogen-bond acceptors (Lipinski definition) is 5. The fourth-order valence-electron chi connectivity index (χ4n) is 4.40. The Hall–Kier alpha value is -3.41. The van der Waals surface area contributed by atoms with Crippen LogP contribution in [0.25, 0.3) is 11.3 Å². The molecule has 0 atom stereocenters. The Labute approximate surface area is 200 Å². The molecule has 178 valence electrons. The Kier molecular flexibility index (Phi) is 6.87. The lowest BCUT2D eigenvalue weighted by atomic mass is 9.82. The van der Waals surface area contributed by atoms with Gasteiger partial charge in [-0.05, 0) is 73.1 Å². The van der Waals surface area contributed by atoms with Crippen molar-refractivity contribution >= 4 is 17.6 Å². The first-order valence-electron chi connectivity index (χ1n) is 11.8. The van der Waals surface area contributed by atoms with Gasteiger partial charge in [0, 0.05) is 22.7 Å². The zero-order valence-electron chi connectivity index (χ0n) is 20.3. The monoisotopic (exact) mass is 460 g/mol. The minimum absolute atomic E-state index is 0.0186. The Morgan fingerprint density at radius 2 is 1.62 bits per heavy atom. The number of aromatic nitrogens is 1. The third-order valence-electron chi connectivity index (χ3n) is 6.57. The molecule has 4 rings (SSSR count). The molecule has 34 heavy (non-hydrogen) atoms. The molecule has 0 radical (unpaired) electrons. The number of carbonyl (C=O) groups is 2. The van der Waals surface area contributed by atoms with Crippen LogP contribution in [0.15, 0.2) is 59.1 Å². The van der Waals surface area contributed by atoms with Crippen molar-refractivity contribution in [3.8, 4) is 11.3 Å². The lowest BCUT2D eigenvalue weighted by molar-refractivity contribution is -0.146. The molecule has 0 spiro atoms. The van der Waals surface area contributed by atoms with Gasteiger partial charge in [0.2, 0.25) is 0 Å². The summed E-state index contributed by atoms with van der Waals surface area (Å²) in [6.45, 7) is 6.45. The number of rotatable bonds is 5. The zero-order valence-corrected chi connectivity index (χ0v) is 20.3. The number of esters is 1. The summed E-state index contributed by atoms with van der Waals surface area (Å²) < 4.78 is 10.9. The van der Waals surface area contributed by atoms with Crippen molar-refractivity contribution in [2.75, 3.05) is 12.4 Å². The predicted molar refractivity (Wildman–Crippen MR) is 132 cm³/mol. The van der Waals surface area contributed by atoms with E-state index < -0.39 is 0 Å². The van der Waals surface area contributed by atoms with Crippen LogP contribution in [-0.2, 0) is 14.9 Å². The highest BCUT2D eigenvalue weighted by atomic mass is 16.5. The van der Waals surface area contributed by atoms with E-state index in [1.807, 2.05) is 48.5 Å². The first-order chi connectivity index (χ1) is 16.2. The van der Waals surface area contributed by atoms with Gasteiger partial charge in [0.1, 0.15) is 0 Å². The summed E-state index contributed by atoms with van der Waals surface area (Å²) in [6, 6.07) is 15.3. The second-order valence-corrected chi connectivity index (χ2v) is 9.99. The maximum absolute atomic E-state index is 12.6. The molecule has 1 saturated carbocycles. The van der Waals surface area contributed by atoms with Gasteiger partial charge in [0.05, 0.1) is 19.2 Å². The van der Waals surface area contributed by atoms with Crippen LogP contribution >= 0.6 is 0 Å². The normalized spacial score (nSPS) is 18.4. The van der Waals surface area contributed by atoms with E-state index in [4.69, 9.17) is 9.15 Å². The lowest BCUT2D eigenvalue weighted by Gasteiger charge is -2.24. The van der Waals surface area contributed by atoms with Crippen molar-refractivity contribution in [1.82, 2.24) is 4.98 Å². The number of anilines is 1. The Morgan fingerprint density at radius 1 is 0.971 bits per heavy atom. The molecule has 1 fully saturated rings. The topological polar surface area (TPSA) is 81.4 Å². The van der Waals surface area contributed by atoms with Crippen LogP contribution in [0.4, 0.5) is 5.69 Å². The van der Waals surface area contributed by atoms with Crippen LogP contribution in [0.2, 0.25) is 0 Å². The van der Waals surface area contributed by atoms with Crippen molar-refractivity contribution in [2.45, 2.75) is 57.8 Å². The van der Waals surface area contributed by atoms with Crippen LogP contribution in [0.3, 0.4) is 0 Å². The van der Waals surface area contributed by atoms with Gasteiger partial charge in [-0.15, -0.1) is 0 Å². The standard InChI is InChI=1S/C28H32N2O4/c1-28(2,3)22-13-9-19(10-14-22)25(31)30-23-15-11-18(12-16-23)24-17-29-26(34-24)20-5-7-21(8-6-20)27(32)33-4/h9-17,20-21H,5-8H2,1-4H3,(H,30,31). The quantitative estimate of drug-likeness (QED) is 0.449. The average Bonchev–Trinajstić information content (AvgIpc) is 3.34. The molecule has 1 N–H and O–H groups in total. The molecule has 1 amide bonds. The van der Waals surface area contributed by atoms with Crippen molar-refractivity contribution in [3.05, 3.63) is 71.7 Å². The summed E-state index contributed by atoms with van der Waals surface area (Å²) in [7, 11) is 1.44. The van der Waals surface area contributed by atoms with E-state index in [9.17, 15) is 9.59 Å². The minimum Gasteiger partial charge on any atom is -0.469 e. The number of benzene rings is 2. The highest BCUT2D eigenvalue weighted by molar-refractivity contribution is 6.04. The molecule has 6 heteroatoms. The summed E-state index contributed by atoms with van der Waals surface area (Å²) in [6.07, 6.45) is 5.06. The highest BCUT2D eigenvalue weighted by Gasteiger charge is 2.30. The van der Waals surface area contributed by atoms with Crippen LogP contribution in [0.5, 0.6) is 0 Å². The third kappa shape index (κ3) is 5.38. The Morgan fingerprint density at radius 3 is 2.21 bits per heavy atom. The largest absolute Gasteiger partial charge is 0.469 e. The van der Waals surface area contributed by atoms with Gasteiger partial charge in [0.15, 0.2) is 11.7 Å². The summed E-state index contributed by atoms with van der Waals surface area (Å²) in [5, 5.41) is 2.95. The second-order valence-electron chi connectivity index (χ2n) is 9.99. The van der Waals surface area contributed by atoms with Crippen molar-refractivity contribution in [1.29, 1.82) is 0 Å². The molecule has 0 unspecified atom stereocenters. The molecule has 1 heterocycles. The fourth-order valence-corrected chi connectivity index (χ4v) is 4.40. The second kappa shape index (κ2) is 9.84. The minimum atomic E-state index is -0.141. The molecule has 3 aromatic rings. The highest BCUT2D eigenvalue weighted by Crippen LogP contribution is 2.37. The van der Waals surface area contributed by atoms with Gasteiger partial charge in [-0.1, -0.05) is 32.9 Å². The lowest BCUT2D eigenvalue weighted by Crippen LogP contribution is -2.22. The van der Waals surface area contributed by atoms with E-state index in [0.29, 0.717) is 11.3 Å². The number of ether oxygens (including phenoxy) is 1. The van der Waals surface area contributed by atoms with Gasteiger partial charge >= 0.3 is 5.97 Å². The predicted octanol–water partition coefficient (Wildman–Crippen LogP) is 6.34. The van der Waals surface area contributed by atoms with E-state index in [0.717, 1.165) is 42.8 Å². The molecule has 0 bridgehead atoms. The number of carbonyl (C=O) groups excluding carboxylic acids is 2. The number of nitrogens with one attached hydrogen (secondary N) is 1. The third-order valence-corrected chi connectivity index (χ3v) is 6.57. The summed E-state index contributed by atoms with van der Waals surface area (Å²) in [5.41, 5.74) is 3.48.